The van der Waals surface area contributed by atoms with Crippen LogP contribution in [0.25, 0.3) is 0 Å². The van der Waals surface area contributed by atoms with E-state index in [9.17, 15) is 13.0 Å². The van der Waals surface area contributed by atoms with Crippen molar-refractivity contribution >= 4 is 10.1 Å². The third kappa shape index (κ3) is 1.88. The number of hydrogen-bond donors (Lipinski definition) is 1. The second-order valence-electron chi connectivity index (χ2n) is 5.64. The number of rotatable bonds is 1. The van der Waals surface area contributed by atoms with Crippen molar-refractivity contribution in [2.24, 2.45) is 0 Å². The standard InChI is InChI=1S/C14H18O3S/c15-18(16,17)12-5-4-11-6-9-14(13(11)10-12)7-2-1-3-8-14/h4-5,10H,1-3,6-9H2,(H,15,16,17). The van der Waals surface area contributed by atoms with E-state index in [-0.39, 0.29) is 10.3 Å². The lowest BCUT2D eigenvalue weighted by atomic mass is 9.70. The SMILES string of the molecule is O=S(=O)(O)c1ccc2c(c1)C1(CCCCC1)CC2. The van der Waals surface area contributed by atoms with E-state index in [0.717, 1.165) is 25.7 Å². The zero-order valence-corrected chi connectivity index (χ0v) is 11.2. The fraction of sp³-hybridized carbons (Fsp3) is 0.571. The molecule has 0 amide bonds. The van der Waals surface area contributed by atoms with Crippen LogP contribution in [0.15, 0.2) is 23.1 Å². The Morgan fingerprint density at radius 2 is 1.78 bits per heavy atom. The van der Waals surface area contributed by atoms with Crippen LogP contribution < -0.4 is 0 Å². The largest absolute Gasteiger partial charge is 0.294 e. The van der Waals surface area contributed by atoms with Gasteiger partial charge in [0.15, 0.2) is 0 Å². The first-order valence-electron chi connectivity index (χ1n) is 6.62. The van der Waals surface area contributed by atoms with Gasteiger partial charge in [0.1, 0.15) is 0 Å². The van der Waals surface area contributed by atoms with Gasteiger partial charge in [0.05, 0.1) is 4.90 Å². The Morgan fingerprint density at radius 1 is 1.06 bits per heavy atom. The molecule has 0 unspecified atom stereocenters. The molecule has 0 heterocycles. The molecule has 0 radical (unpaired) electrons. The monoisotopic (exact) mass is 266 g/mol. The average molecular weight is 266 g/mol. The highest BCUT2D eigenvalue weighted by Gasteiger charge is 2.39. The van der Waals surface area contributed by atoms with Gasteiger partial charge in [-0.15, -0.1) is 0 Å². The second-order valence-corrected chi connectivity index (χ2v) is 7.06. The van der Waals surface area contributed by atoms with E-state index in [1.54, 1.807) is 6.07 Å². The molecule has 1 spiro atoms. The van der Waals surface area contributed by atoms with E-state index in [4.69, 9.17) is 0 Å². The summed E-state index contributed by atoms with van der Waals surface area (Å²) < 4.78 is 31.7. The zero-order valence-electron chi connectivity index (χ0n) is 10.4. The molecule has 0 atom stereocenters. The van der Waals surface area contributed by atoms with Crippen molar-refractivity contribution in [2.75, 3.05) is 0 Å². The van der Waals surface area contributed by atoms with Gasteiger partial charge in [-0.2, -0.15) is 8.42 Å². The summed E-state index contributed by atoms with van der Waals surface area (Å²) in [6.45, 7) is 0. The number of benzene rings is 1. The lowest BCUT2D eigenvalue weighted by Crippen LogP contribution is -2.26. The maximum absolute atomic E-state index is 11.3. The van der Waals surface area contributed by atoms with E-state index in [1.165, 1.54) is 36.5 Å². The third-order valence-electron chi connectivity index (χ3n) is 4.63. The van der Waals surface area contributed by atoms with Gasteiger partial charge >= 0.3 is 0 Å². The minimum absolute atomic E-state index is 0.0492. The van der Waals surface area contributed by atoms with Crippen molar-refractivity contribution in [3.63, 3.8) is 0 Å². The lowest BCUT2D eigenvalue weighted by Gasteiger charge is -2.34. The zero-order chi connectivity index (χ0) is 12.8. The topological polar surface area (TPSA) is 54.4 Å². The van der Waals surface area contributed by atoms with Gasteiger partial charge in [-0.1, -0.05) is 25.3 Å². The normalized spacial score (nSPS) is 22.1. The van der Waals surface area contributed by atoms with Gasteiger partial charge in [0.25, 0.3) is 10.1 Å². The summed E-state index contributed by atoms with van der Waals surface area (Å²) in [5, 5.41) is 0. The van der Waals surface area contributed by atoms with Crippen LogP contribution in [0.3, 0.4) is 0 Å². The van der Waals surface area contributed by atoms with Crippen molar-refractivity contribution in [2.45, 2.75) is 55.3 Å². The van der Waals surface area contributed by atoms with Gasteiger partial charge < -0.3 is 0 Å². The number of hydrogen-bond acceptors (Lipinski definition) is 2. The Kier molecular flexibility index (Phi) is 2.75. The molecule has 2 aliphatic rings. The maximum Gasteiger partial charge on any atom is 0.294 e. The molecule has 1 fully saturated rings. The summed E-state index contributed by atoms with van der Waals surface area (Å²) >= 11 is 0. The fourth-order valence-electron chi connectivity index (χ4n) is 3.68. The minimum Gasteiger partial charge on any atom is -0.282 e. The average Bonchev–Trinajstić information content (AvgIpc) is 2.68. The van der Waals surface area contributed by atoms with Crippen LogP contribution in [-0.2, 0) is 22.0 Å². The molecule has 4 heteroatoms. The van der Waals surface area contributed by atoms with Gasteiger partial charge in [-0.25, -0.2) is 0 Å². The van der Waals surface area contributed by atoms with Crippen molar-refractivity contribution in [1.29, 1.82) is 0 Å². The summed E-state index contributed by atoms with van der Waals surface area (Å²) in [6.07, 6.45) is 8.25. The van der Waals surface area contributed by atoms with Crippen molar-refractivity contribution in [3.8, 4) is 0 Å². The molecule has 1 aromatic carbocycles. The first-order chi connectivity index (χ1) is 8.51. The molecule has 98 valence electrons. The predicted octanol–water partition coefficient (Wildman–Crippen LogP) is 3.08. The first kappa shape index (κ1) is 12.2. The predicted molar refractivity (Wildman–Crippen MR) is 69.3 cm³/mol. The van der Waals surface area contributed by atoms with Gasteiger partial charge in [-0.3, -0.25) is 4.55 Å². The smallest absolute Gasteiger partial charge is 0.282 e. The highest BCUT2D eigenvalue weighted by molar-refractivity contribution is 7.85. The first-order valence-corrected chi connectivity index (χ1v) is 8.06. The van der Waals surface area contributed by atoms with Crippen LogP contribution >= 0.6 is 0 Å². The van der Waals surface area contributed by atoms with Gasteiger partial charge in [0, 0.05) is 0 Å². The van der Waals surface area contributed by atoms with Gasteiger partial charge in [0.2, 0.25) is 0 Å². The second kappa shape index (κ2) is 4.07. The van der Waals surface area contributed by atoms with Crippen LogP contribution in [0.4, 0.5) is 0 Å². The summed E-state index contributed by atoms with van der Waals surface area (Å²) in [6, 6.07) is 5.11. The highest BCUT2D eigenvalue weighted by atomic mass is 32.2. The van der Waals surface area contributed by atoms with E-state index < -0.39 is 10.1 Å². The van der Waals surface area contributed by atoms with Crippen molar-refractivity contribution < 1.29 is 13.0 Å². The van der Waals surface area contributed by atoms with Crippen LogP contribution in [0.2, 0.25) is 0 Å². The molecule has 0 bridgehead atoms. The maximum atomic E-state index is 11.3. The molecule has 2 aliphatic carbocycles. The summed E-state index contributed by atoms with van der Waals surface area (Å²) in [5.74, 6) is 0. The Balaban J connectivity index is 2.09. The summed E-state index contributed by atoms with van der Waals surface area (Å²) in [4.78, 5) is 0.0492. The molecule has 1 N–H and O–H groups in total. The molecule has 0 saturated heterocycles. The Bertz CT molecular complexity index is 563. The molecule has 0 aliphatic heterocycles. The van der Waals surface area contributed by atoms with E-state index in [0.29, 0.717) is 0 Å². The lowest BCUT2D eigenvalue weighted by molar-refractivity contribution is 0.291. The Hall–Kier alpha value is -0.870. The van der Waals surface area contributed by atoms with Crippen molar-refractivity contribution in [1.82, 2.24) is 0 Å². The van der Waals surface area contributed by atoms with E-state index in [1.807, 2.05) is 6.07 Å². The molecule has 1 saturated carbocycles. The third-order valence-corrected chi connectivity index (χ3v) is 5.48. The Morgan fingerprint density at radius 3 is 2.44 bits per heavy atom. The summed E-state index contributed by atoms with van der Waals surface area (Å²) in [5.41, 5.74) is 2.63. The van der Waals surface area contributed by atoms with Crippen molar-refractivity contribution in [3.05, 3.63) is 29.3 Å². The van der Waals surface area contributed by atoms with Crippen LogP contribution in [0.5, 0.6) is 0 Å². The highest BCUT2D eigenvalue weighted by Crippen LogP contribution is 2.49. The minimum atomic E-state index is -4.08. The molecule has 3 rings (SSSR count). The van der Waals surface area contributed by atoms with E-state index >= 15 is 0 Å². The molecule has 0 aromatic heterocycles. The van der Waals surface area contributed by atoms with Gasteiger partial charge in [-0.05, 0) is 54.4 Å². The fourth-order valence-corrected chi connectivity index (χ4v) is 4.19. The van der Waals surface area contributed by atoms with Crippen LogP contribution in [0, 0.1) is 0 Å². The number of fused-ring (bicyclic) bond motifs is 2. The van der Waals surface area contributed by atoms with E-state index in [2.05, 4.69) is 0 Å². The Labute approximate surface area is 108 Å². The molecular formula is C14H18O3S. The molecule has 18 heavy (non-hydrogen) atoms. The molecule has 3 nitrogen and oxygen atoms in total. The molecular weight excluding hydrogens is 248 g/mol. The molecule has 1 aromatic rings. The van der Waals surface area contributed by atoms with Crippen LogP contribution in [-0.4, -0.2) is 13.0 Å². The summed E-state index contributed by atoms with van der Waals surface area (Å²) in [7, 11) is -4.08. The number of aryl methyl sites for hydroxylation is 1. The quantitative estimate of drug-likeness (QED) is 0.795. The van der Waals surface area contributed by atoms with Crippen LogP contribution in [0.1, 0.15) is 49.7 Å².